The fourth-order valence-corrected chi connectivity index (χ4v) is 2.11. The summed E-state index contributed by atoms with van der Waals surface area (Å²) in [6.45, 7) is 8.54. The SMILES string of the molecule is CC(O)CCNC(=O)NC(C)Cc1ccc(C(C)C)cc1. The van der Waals surface area contributed by atoms with Crippen LogP contribution in [0.3, 0.4) is 0 Å². The third kappa shape index (κ3) is 7.14. The molecule has 4 nitrogen and oxygen atoms in total. The standard InChI is InChI=1S/C17H28N2O2/c1-12(2)16-7-5-15(6-8-16)11-13(3)19-17(21)18-10-9-14(4)20/h5-8,12-14,20H,9-11H2,1-4H3,(H2,18,19,21). The Hall–Kier alpha value is -1.55. The second kappa shape index (κ2) is 8.67. The van der Waals surface area contributed by atoms with Crippen molar-refractivity contribution in [2.75, 3.05) is 6.54 Å². The Labute approximate surface area is 128 Å². The van der Waals surface area contributed by atoms with Crippen molar-refractivity contribution in [1.29, 1.82) is 0 Å². The summed E-state index contributed by atoms with van der Waals surface area (Å²) in [6.07, 6.45) is 0.989. The van der Waals surface area contributed by atoms with Crippen LogP contribution < -0.4 is 10.6 Å². The first kappa shape index (κ1) is 17.5. The molecule has 2 atom stereocenters. The van der Waals surface area contributed by atoms with Crippen LogP contribution in [0.5, 0.6) is 0 Å². The third-order valence-corrected chi connectivity index (χ3v) is 3.41. The lowest BCUT2D eigenvalue weighted by Crippen LogP contribution is -2.42. The van der Waals surface area contributed by atoms with Crippen molar-refractivity contribution in [1.82, 2.24) is 10.6 Å². The highest BCUT2D eigenvalue weighted by molar-refractivity contribution is 5.74. The van der Waals surface area contributed by atoms with Gasteiger partial charge in [0.25, 0.3) is 0 Å². The minimum atomic E-state index is -0.387. The van der Waals surface area contributed by atoms with Gasteiger partial charge in [-0.1, -0.05) is 38.1 Å². The van der Waals surface area contributed by atoms with Gasteiger partial charge in [-0.15, -0.1) is 0 Å². The molecule has 3 N–H and O–H groups in total. The molecule has 0 saturated heterocycles. The Kier molecular flexibility index (Phi) is 7.23. The predicted molar refractivity (Wildman–Crippen MR) is 86.5 cm³/mol. The van der Waals surface area contributed by atoms with E-state index in [1.165, 1.54) is 11.1 Å². The van der Waals surface area contributed by atoms with Crippen LogP contribution in [0.15, 0.2) is 24.3 Å². The van der Waals surface area contributed by atoms with Crippen LogP contribution in [0, 0.1) is 0 Å². The molecule has 1 aromatic carbocycles. The van der Waals surface area contributed by atoms with Gasteiger partial charge in [-0.05, 0) is 43.7 Å². The molecule has 0 aliphatic carbocycles. The molecule has 0 bridgehead atoms. The van der Waals surface area contributed by atoms with Crippen LogP contribution in [0.4, 0.5) is 4.79 Å². The van der Waals surface area contributed by atoms with E-state index in [4.69, 9.17) is 5.11 Å². The molecular weight excluding hydrogens is 264 g/mol. The molecule has 0 aliphatic heterocycles. The fourth-order valence-electron chi connectivity index (χ4n) is 2.11. The van der Waals surface area contributed by atoms with E-state index in [0.29, 0.717) is 18.9 Å². The molecule has 2 amide bonds. The number of amides is 2. The van der Waals surface area contributed by atoms with Crippen molar-refractivity contribution in [2.45, 2.75) is 58.6 Å². The van der Waals surface area contributed by atoms with Gasteiger partial charge in [0.15, 0.2) is 0 Å². The Balaban J connectivity index is 2.35. The molecule has 0 heterocycles. The first-order valence-electron chi connectivity index (χ1n) is 7.69. The minimum absolute atomic E-state index is 0.0708. The van der Waals surface area contributed by atoms with Crippen molar-refractivity contribution in [3.8, 4) is 0 Å². The van der Waals surface area contributed by atoms with Crippen LogP contribution in [0.1, 0.15) is 51.2 Å². The number of benzene rings is 1. The Morgan fingerprint density at radius 1 is 1.14 bits per heavy atom. The Bertz CT molecular complexity index is 427. The lowest BCUT2D eigenvalue weighted by Gasteiger charge is -2.15. The summed E-state index contributed by atoms with van der Waals surface area (Å²) < 4.78 is 0. The smallest absolute Gasteiger partial charge is 0.315 e. The van der Waals surface area contributed by atoms with Gasteiger partial charge in [0.2, 0.25) is 0 Å². The van der Waals surface area contributed by atoms with Gasteiger partial charge < -0.3 is 15.7 Å². The summed E-state index contributed by atoms with van der Waals surface area (Å²) in [5.74, 6) is 0.536. The largest absolute Gasteiger partial charge is 0.393 e. The quantitative estimate of drug-likeness (QED) is 0.723. The van der Waals surface area contributed by atoms with E-state index in [1.54, 1.807) is 6.92 Å². The number of aliphatic hydroxyl groups excluding tert-OH is 1. The Morgan fingerprint density at radius 2 is 1.76 bits per heavy atom. The molecule has 0 aliphatic rings. The summed E-state index contributed by atoms with van der Waals surface area (Å²) in [7, 11) is 0. The van der Waals surface area contributed by atoms with Crippen molar-refractivity contribution in [2.24, 2.45) is 0 Å². The summed E-state index contributed by atoms with van der Waals surface area (Å²) in [5.41, 5.74) is 2.55. The second-order valence-electron chi connectivity index (χ2n) is 6.04. The first-order valence-corrected chi connectivity index (χ1v) is 7.69. The normalized spacial score (nSPS) is 13.8. The Morgan fingerprint density at radius 3 is 2.29 bits per heavy atom. The molecule has 1 rings (SSSR count). The molecule has 0 radical (unpaired) electrons. The topological polar surface area (TPSA) is 61.4 Å². The van der Waals surface area contributed by atoms with Gasteiger partial charge >= 0.3 is 6.03 Å². The minimum Gasteiger partial charge on any atom is -0.393 e. The van der Waals surface area contributed by atoms with Gasteiger partial charge in [-0.25, -0.2) is 4.79 Å². The number of urea groups is 1. The van der Waals surface area contributed by atoms with Crippen molar-refractivity contribution in [3.63, 3.8) is 0 Å². The van der Waals surface area contributed by atoms with Crippen LogP contribution in [-0.2, 0) is 6.42 Å². The van der Waals surface area contributed by atoms with E-state index in [9.17, 15) is 4.79 Å². The van der Waals surface area contributed by atoms with E-state index in [2.05, 4.69) is 48.7 Å². The van der Waals surface area contributed by atoms with Crippen LogP contribution in [0.2, 0.25) is 0 Å². The van der Waals surface area contributed by atoms with Crippen LogP contribution in [-0.4, -0.2) is 29.8 Å². The molecule has 4 heteroatoms. The summed E-state index contributed by atoms with van der Waals surface area (Å²) >= 11 is 0. The number of nitrogens with one attached hydrogen (secondary N) is 2. The van der Waals surface area contributed by atoms with E-state index >= 15 is 0 Å². The lowest BCUT2D eigenvalue weighted by molar-refractivity contribution is 0.183. The van der Waals surface area contributed by atoms with Crippen molar-refractivity contribution >= 4 is 6.03 Å². The lowest BCUT2D eigenvalue weighted by atomic mass is 9.99. The van der Waals surface area contributed by atoms with E-state index in [0.717, 1.165) is 6.42 Å². The average molecular weight is 292 g/mol. The van der Waals surface area contributed by atoms with Gasteiger partial charge in [0.05, 0.1) is 6.10 Å². The number of carbonyl (C=O) groups is 1. The van der Waals surface area contributed by atoms with Gasteiger partial charge in [-0.3, -0.25) is 0 Å². The van der Waals surface area contributed by atoms with Gasteiger partial charge in [0, 0.05) is 12.6 Å². The van der Waals surface area contributed by atoms with Crippen LogP contribution >= 0.6 is 0 Å². The zero-order valence-electron chi connectivity index (χ0n) is 13.5. The van der Waals surface area contributed by atoms with E-state index in [-0.39, 0.29) is 18.2 Å². The fraction of sp³-hybridized carbons (Fsp3) is 0.588. The molecular formula is C17H28N2O2. The highest BCUT2D eigenvalue weighted by Gasteiger charge is 2.08. The zero-order valence-corrected chi connectivity index (χ0v) is 13.5. The van der Waals surface area contributed by atoms with Crippen molar-refractivity contribution < 1.29 is 9.90 Å². The second-order valence-corrected chi connectivity index (χ2v) is 6.04. The molecule has 2 unspecified atom stereocenters. The number of carbonyl (C=O) groups excluding carboxylic acids is 1. The molecule has 0 saturated carbocycles. The molecule has 21 heavy (non-hydrogen) atoms. The number of hydrogen-bond acceptors (Lipinski definition) is 2. The molecule has 118 valence electrons. The maximum atomic E-state index is 11.7. The number of hydrogen-bond donors (Lipinski definition) is 3. The molecule has 0 fully saturated rings. The predicted octanol–water partition coefficient (Wildman–Crippen LogP) is 2.81. The summed E-state index contributed by atoms with van der Waals surface area (Å²) in [6, 6.07) is 8.44. The molecule has 1 aromatic rings. The number of rotatable bonds is 7. The van der Waals surface area contributed by atoms with E-state index in [1.807, 2.05) is 6.92 Å². The van der Waals surface area contributed by atoms with Crippen molar-refractivity contribution in [3.05, 3.63) is 35.4 Å². The van der Waals surface area contributed by atoms with Crippen LogP contribution in [0.25, 0.3) is 0 Å². The maximum Gasteiger partial charge on any atom is 0.315 e. The summed E-state index contributed by atoms with van der Waals surface area (Å²) in [4.78, 5) is 11.7. The maximum absolute atomic E-state index is 11.7. The molecule has 0 aromatic heterocycles. The highest BCUT2D eigenvalue weighted by atomic mass is 16.3. The zero-order chi connectivity index (χ0) is 15.8. The van der Waals surface area contributed by atoms with Gasteiger partial charge in [-0.2, -0.15) is 0 Å². The highest BCUT2D eigenvalue weighted by Crippen LogP contribution is 2.15. The van der Waals surface area contributed by atoms with E-state index < -0.39 is 0 Å². The first-order chi connectivity index (χ1) is 9.88. The summed E-state index contributed by atoms with van der Waals surface area (Å²) in [5, 5.41) is 14.8. The average Bonchev–Trinajstić information content (AvgIpc) is 2.38. The monoisotopic (exact) mass is 292 g/mol. The molecule has 0 spiro atoms. The third-order valence-electron chi connectivity index (χ3n) is 3.41. The van der Waals surface area contributed by atoms with Gasteiger partial charge in [0.1, 0.15) is 0 Å². The number of aliphatic hydroxyl groups is 1.